The molecule has 6 heteroatoms. The van der Waals surface area contributed by atoms with E-state index < -0.39 is 16.1 Å². The molecule has 67 heavy (non-hydrogen) atoms. The van der Waals surface area contributed by atoms with Crippen LogP contribution >= 0.6 is 0 Å². The third kappa shape index (κ3) is 6.37. The molecule has 0 N–H and O–H groups in total. The summed E-state index contributed by atoms with van der Waals surface area (Å²) in [6.07, 6.45) is 0. The molecule has 0 bridgehead atoms. The van der Waals surface area contributed by atoms with Crippen molar-refractivity contribution >= 4 is 115 Å². The van der Waals surface area contributed by atoms with Gasteiger partial charge in [0.2, 0.25) is 0 Å². The van der Waals surface area contributed by atoms with E-state index in [9.17, 15) is 0 Å². The van der Waals surface area contributed by atoms with Gasteiger partial charge in [-0.3, -0.25) is 0 Å². The summed E-state index contributed by atoms with van der Waals surface area (Å²) in [4.78, 5) is 4.82. The van der Waals surface area contributed by atoms with E-state index in [1.54, 1.807) is 0 Å². The van der Waals surface area contributed by atoms with Gasteiger partial charge in [0.25, 0.3) is 0 Å². The summed E-state index contributed by atoms with van der Waals surface area (Å²) in [7, 11) is -3.42. The number of hydrogen-bond donors (Lipinski definition) is 0. The Morgan fingerprint density at radius 3 is 1.34 bits per heavy atom. The lowest BCUT2D eigenvalue weighted by Crippen LogP contribution is -2.37. The van der Waals surface area contributed by atoms with Crippen LogP contribution in [0.1, 0.15) is 25.0 Å². The Hall–Kier alpha value is -7.13. The Kier molecular flexibility index (Phi) is 9.21. The minimum Gasteiger partial charge on any atom is -0.454 e. The van der Waals surface area contributed by atoms with Gasteiger partial charge in [-0.1, -0.05) is 181 Å². The van der Waals surface area contributed by atoms with Gasteiger partial charge in [-0.05, 0) is 92.6 Å². The first-order chi connectivity index (χ1) is 32.3. The molecule has 1 aliphatic carbocycles. The molecule has 2 heterocycles. The van der Waals surface area contributed by atoms with Gasteiger partial charge in [-0.25, -0.2) is 0 Å². The van der Waals surface area contributed by atoms with Gasteiger partial charge in [0, 0.05) is 49.4 Å². The third-order valence-electron chi connectivity index (χ3n) is 14.3. The number of benzene rings is 9. The van der Waals surface area contributed by atoms with Crippen LogP contribution in [0.3, 0.4) is 0 Å². The van der Waals surface area contributed by atoms with E-state index in [1.165, 1.54) is 54.2 Å². The Labute approximate surface area is 394 Å². The summed E-state index contributed by atoms with van der Waals surface area (Å²) in [5.74, 6) is 0. The number of furan rings is 2. The highest BCUT2D eigenvalue weighted by molar-refractivity contribution is 6.90. The van der Waals surface area contributed by atoms with Crippen LogP contribution in [-0.2, 0) is 5.41 Å². The molecule has 2 aromatic heterocycles. The van der Waals surface area contributed by atoms with Gasteiger partial charge in [0.1, 0.15) is 11.2 Å². The zero-order valence-corrected chi connectivity index (χ0v) is 41.5. The van der Waals surface area contributed by atoms with Gasteiger partial charge in [0.15, 0.2) is 11.2 Å². The van der Waals surface area contributed by atoms with Crippen LogP contribution in [0.25, 0.3) is 65.8 Å². The quantitative estimate of drug-likeness (QED) is 0.142. The second-order valence-electron chi connectivity index (χ2n) is 20.9. The first-order valence-corrected chi connectivity index (χ1v) is 30.6. The van der Waals surface area contributed by atoms with E-state index in [1.807, 2.05) is 0 Å². The molecule has 9 aromatic carbocycles. The van der Waals surface area contributed by atoms with Crippen molar-refractivity contribution in [2.45, 2.75) is 58.5 Å². The number of para-hydroxylation sites is 6. The van der Waals surface area contributed by atoms with Crippen molar-refractivity contribution in [1.29, 1.82) is 0 Å². The zero-order valence-electron chi connectivity index (χ0n) is 39.5. The van der Waals surface area contributed by atoms with E-state index >= 15 is 0 Å². The molecule has 0 saturated carbocycles. The zero-order chi connectivity index (χ0) is 46.0. The lowest BCUT2D eigenvalue weighted by Gasteiger charge is -2.30. The molecular formula is C61H54N2O2Si2. The van der Waals surface area contributed by atoms with E-state index in [4.69, 9.17) is 8.83 Å². The highest BCUT2D eigenvalue weighted by atomic mass is 28.3. The standard InChI is InChI=1S/C61H54N2O2Si2/c1-61(2)49-37-41(62(39-21-11-9-12-22-39)51-31-17-27-44-46-29-19-33-54(66(3,4)5)59(46)64-57(44)51)35-36-48(49)56-43-26-16-15-25-42(43)53(38-50(56)61)63(40-23-13-10-14-24-40)52-32-18-28-45-47-30-20-34-55(67(6,7)8)60(47)65-58(45)52/h9-38H,1-8H3. The maximum atomic E-state index is 7.12. The average molecular weight is 903 g/mol. The minimum atomic E-state index is -1.72. The Morgan fingerprint density at radius 1 is 0.358 bits per heavy atom. The highest BCUT2D eigenvalue weighted by Gasteiger charge is 2.39. The molecule has 0 radical (unpaired) electrons. The Balaban J connectivity index is 1.06. The largest absolute Gasteiger partial charge is 0.454 e. The normalized spacial score (nSPS) is 13.5. The lowest BCUT2D eigenvalue weighted by molar-refractivity contribution is 0.660. The maximum Gasteiger partial charge on any atom is 0.159 e. The van der Waals surface area contributed by atoms with Crippen molar-refractivity contribution < 1.29 is 8.83 Å². The van der Waals surface area contributed by atoms with Crippen LogP contribution in [0.15, 0.2) is 191 Å². The van der Waals surface area contributed by atoms with Gasteiger partial charge >= 0.3 is 0 Å². The van der Waals surface area contributed by atoms with Crippen LogP contribution in [0.2, 0.25) is 39.3 Å². The maximum absolute atomic E-state index is 7.12. The minimum absolute atomic E-state index is 0.348. The Morgan fingerprint density at radius 2 is 0.806 bits per heavy atom. The first-order valence-electron chi connectivity index (χ1n) is 23.6. The van der Waals surface area contributed by atoms with Gasteiger partial charge < -0.3 is 18.6 Å². The number of fused-ring (bicyclic) bond motifs is 11. The molecular weight excluding hydrogens is 849 g/mol. The van der Waals surface area contributed by atoms with Crippen molar-refractivity contribution in [2.75, 3.05) is 9.80 Å². The molecule has 11 aromatic rings. The molecule has 0 unspecified atom stereocenters. The molecule has 0 atom stereocenters. The topological polar surface area (TPSA) is 32.8 Å². The van der Waals surface area contributed by atoms with Crippen LogP contribution in [0.5, 0.6) is 0 Å². The summed E-state index contributed by atoms with van der Waals surface area (Å²) in [6, 6.07) is 66.7. The summed E-state index contributed by atoms with van der Waals surface area (Å²) < 4.78 is 14.2. The number of anilines is 6. The lowest BCUT2D eigenvalue weighted by atomic mass is 9.81. The van der Waals surface area contributed by atoms with Crippen molar-refractivity contribution in [3.8, 4) is 11.1 Å². The van der Waals surface area contributed by atoms with Crippen LogP contribution < -0.4 is 20.2 Å². The van der Waals surface area contributed by atoms with Crippen molar-refractivity contribution in [2.24, 2.45) is 0 Å². The fourth-order valence-electron chi connectivity index (χ4n) is 11.0. The average Bonchev–Trinajstić information content (AvgIpc) is 3.98. The highest BCUT2D eigenvalue weighted by Crippen LogP contribution is 2.56. The summed E-state index contributed by atoms with van der Waals surface area (Å²) in [5.41, 5.74) is 15.1. The molecule has 12 rings (SSSR count). The number of rotatable bonds is 8. The number of hydrogen-bond acceptors (Lipinski definition) is 4. The van der Waals surface area contributed by atoms with Crippen molar-refractivity contribution in [3.05, 3.63) is 193 Å². The fourth-order valence-corrected chi connectivity index (χ4v) is 13.9. The molecule has 0 spiro atoms. The van der Waals surface area contributed by atoms with E-state index in [-0.39, 0.29) is 5.41 Å². The van der Waals surface area contributed by atoms with Gasteiger partial charge in [-0.15, -0.1) is 0 Å². The van der Waals surface area contributed by atoms with E-state index in [0.717, 1.165) is 67.2 Å². The predicted octanol–water partition coefficient (Wildman–Crippen LogP) is 17.0. The molecule has 0 aliphatic heterocycles. The number of nitrogens with zero attached hydrogens (tertiary/aromatic N) is 2. The molecule has 1 aliphatic rings. The van der Waals surface area contributed by atoms with E-state index in [0.29, 0.717) is 0 Å². The fraction of sp³-hybridized carbons (Fsp3) is 0.148. The smallest absolute Gasteiger partial charge is 0.159 e. The first kappa shape index (κ1) is 41.3. The van der Waals surface area contributed by atoms with Crippen molar-refractivity contribution in [1.82, 2.24) is 0 Å². The molecule has 0 amide bonds. The summed E-state index contributed by atoms with van der Waals surface area (Å²) in [6.45, 7) is 19.2. The SMILES string of the molecule is CC1(C)c2cc(N(c3ccccc3)c3cccc4c3oc3c([Si](C)(C)C)cccc34)ccc2-c2c1cc(N(c1ccccc1)c1cccc3c1oc1c([Si](C)(C)C)cccc13)c1ccccc21. The second kappa shape index (κ2) is 14.9. The molecule has 4 nitrogen and oxygen atoms in total. The summed E-state index contributed by atoms with van der Waals surface area (Å²) in [5, 5.41) is 9.74. The molecule has 0 saturated heterocycles. The monoisotopic (exact) mass is 902 g/mol. The van der Waals surface area contributed by atoms with Crippen LogP contribution in [-0.4, -0.2) is 16.1 Å². The Bertz CT molecular complexity index is 3760. The van der Waals surface area contributed by atoms with E-state index in [2.05, 4.69) is 245 Å². The molecule has 328 valence electrons. The van der Waals surface area contributed by atoms with Gasteiger partial charge in [-0.2, -0.15) is 0 Å². The van der Waals surface area contributed by atoms with Crippen LogP contribution in [0, 0.1) is 0 Å². The van der Waals surface area contributed by atoms with Crippen LogP contribution in [0.4, 0.5) is 34.1 Å². The predicted molar refractivity (Wildman–Crippen MR) is 291 cm³/mol. The van der Waals surface area contributed by atoms with Gasteiger partial charge in [0.05, 0.1) is 33.2 Å². The van der Waals surface area contributed by atoms with Crippen molar-refractivity contribution in [3.63, 3.8) is 0 Å². The molecule has 0 fully saturated rings. The third-order valence-corrected chi connectivity index (χ3v) is 18.3. The second-order valence-corrected chi connectivity index (χ2v) is 31.0. The summed E-state index contributed by atoms with van der Waals surface area (Å²) >= 11 is 0.